The van der Waals surface area contributed by atoms with Crippen molar-refractivity contribution in [3.05, 3.63) is 27.8 Å². The van der Waals surface area contributed by atoms with Crippen molar-refractivity contribution in [3.63, 3.8) is 0 Å². The van der Waals surface area contributed by atoms with Crippen LogP contribution in [0.25, 0.3) is 0 Å². The Morgan fingerprint density at radius 3 is 2.50 bits per heavy atom. The minimum absolute atomic E-state index is 0.0499. The third-order valence-corrected chi connectivity index (χ3v) is 3.46. The second-order valence-electron chi connectivity index (χ2n) is 5.54. The van der Waals surface area contributed by atoms with Crippen molar-refractivity contribution in [2.24, 2.45) is 0 Å². The van der Waals surface area contributed by atoms with Gasteiger partial charge in [-0.15, -0.1) is 0 Å². The van der Waals surface area contributed by atoms with Gasteiger partial charge in [-0.05, 0) is 20.3 Å². The number of amides is 1. The van der Waals surface area contributed by atoms with Gasteiger partial charge in [0.25, 0.3) is 11.6 Å². The molecule has 1 rings (SSSR count). The molecule has 1 atom stereocenters. The van der Waals surface area contributed by atoms with E-state index in [1.807, 2.05) is 13.8 Å². The fraction of sp³-hybridized carbons (Fsp3) is 0.529. The van der Waals surface area contributed by atoms with Gasteiger partial charge in [-0.2, -0.15) is 0 Å². The molecule has 0 aliphatic rings. The van der Waals surface area contributed by atoms with E-state index in [0.717, 1.165) is 18.9 Å². The fourth-order valence-electron chi connectivity index (χ4n) is 2.32. The zero-order valence-electron chi connectivity index (χ0n) is 15.4. The first kappa shape index (κ1) is 21.2. The summed E-state index contributed by atoms with van der Waals surface area (Å²) in [5.74, 6) is -1.16. The largest absolute Gasteiger partial charge is 0.493 e. The summed E-state index contributed by atoms with van der Waals surface area (Å²) in [4.78, 5) is 34.5. The summed E-state index contributed by atoms with van der Waals surface area (Å²) in [5.41, 5.74) is -0.802. The van der Waals surface area contributed by atoms with Gasteiger partial charge in [-0.1, -0.05) is 13.3 Å². The summed E-state index contributed by atoms with van der Waals surface area (Å²) >= 11 is 0. The molecular weight excluding hydrogens is 344 g/mol. The van der Waals surface area contributed by atoms with E-state index in [1.54, 1.807) is 6.92 Å². The van der Waals surface area contributed by atoms with E-state index in [9.17, 15) is 19.7 Å². The number of esters is 1. The van der Waals surface area contributed by atoms with E-state index in [4.69, 9.17) is 14.2 Å². The molecule has 0 heterocycles. The lowest BCUT2D eigenvalue weighted by molar-refractivity contribution is -0.385. The Morgan fingerprint density at radius 1 is 1.27 bits per heavy atom. The predicted molar refractivity (Wildman–Crippen MR) is 93.6 cm³/mol. The lowest BCUT2D eigenvalue weighted by Gasteiger charge is -2.13. The summed E-state index contributed by atoms with van der Waals surface area (Å²) in [7, 11) is 1.35. The summed E-state index contributed by atoms with van der Waals surface area (Å²) in [6.07, 6.45) is 1.70. The zero-order valence-corrected chi connectivity index (χ0v) is 15.4. The number of nitro benzene ring substituents is 1. The van der Waals surface area contributed by atoms with Crippen LogP contribution in [0.2, 0.25) is 0 Å². The number of nitrogens with zero attached hydrogens (tertiary/aromatic N) is 1. The number of hydrogen-bond acceptors (Lipinski definition) is 7. The molecule has 1 N–H and O–H groups in total. The predicted octanol–water partition coefficient (Wildman–Crippen LogP) is 2.46. The van der Waals surface area contributed by atoms with Crippen LogP contribution in [0, 0.1) is 10.1 Å². The highest BCUT2D eigenvalue weighted by Gasteiger charge is 2.26. The minimum atomic E-state index is -0.989. The lowest BCUT2D eigenvalue weighted by atomic mass is 10.1. The molecule has 0 aromatic heterocycles. The molecule has 0 bridgehead atoms. The van der Waals surface area contributed by atoms with Crippen molar-refractivity contribution >= 4 is 17.6 Å². The SMILES string of the molecule is CCC[C@H](C)NC(=O)COC(=O)c1cc(OC)c(OCC)cc1[N+](=O)[O-]. The molecule has 0 spiro atoms. The van der Waals surface area contributed by atoms with Gasteiger partial charge in [-0.25, -0.2) is 4.79 Å². The Kier molecular flexibility index (Phi) is 8.33. The number of nitro groups is 1. The number of ether oxygens (including phenoxy) is 3. The van der Waals surface area contributed by atoms with Crippen molar-refractivity contribution in [2.75, 3.05) is 20.3 Å². The molecule has 1 aromatic carbocycles. The second-order valence-corrected chi connectivity index (χ2v) is 5.54. The van der Waals surface area contributed by atoms with Gasteiger partial charge in [0.2, 0.25) is 0 Å². The topological polar surface area (TPSA) is 117 Å². The summed E-state index contributed by atoms with van der Waals surface area (Å²) in [6, 6.07) is 2.22. The molecular formula is C17H24N2O7. The Bertz CT molecular complexity index is 661. The highest BCUT2D eigenvalue weighted by Crippen LogP contribution is 2.35. The van der Waals surface area contributed by atoms with Crippen molar-refractivity contribution in [1.29, 1.82) is 0 Å². The van der Waals surface area contributed by atoms with Crippen LogP contribution in [0.1, 0.15) is 44.0 Å². The third-order valence-electron chi connectivity index (χ3n) is 3.46. The number of carbonyl (C=O) groups excluding carboxylic acids is 2. The maximum absolute atomic E-state index is 12.2. The quantitative estimate of drug-likeness (QED) is 0.383. The molecule has 1 amide bonds. The van der Waals surface area contributed by atoms with Crippen molar-refractivity contribution < 1.29 is 28.7 Å². The number of hydrogen-bond donors (Lipinski definition) is 1. The summed E-state index contributed by atoms with van der Waals surface area (Å²) in [6.45, 7) is 5.28. The Morgan fingerprint density at radius 2 is 1.96 bits per heavy atom. The van der Waals surface area contributed by atoms with Crippen LogP contribution < -0.4 is 14.8 Å². The molecule has 0 saturated carbocycles. The first-order valence-corrected chi connectivity index (χ1v) is 8.29. The van der Waals surface area contributed by atoms with Crippen molar-refractivity contribution in [2.45, 2.75) is 39.7 Å². The van der Waals surface area contributed by atoms with Gasteiger partial charge in [-0.3, -0.25) is 14.9 Å². The molecule has 0 radical (unpaired) electrons. The van der Waals surface area contributed by atoms with Gasteiger partial charge >= 0.3 is 5.97 Å². The average molecular weight is 368 g/mol. The Hall–Kier alpha value is -2.84. The van der Waals surface area contributed by atoms with Crippen LogP contribution in [0.15, 0.2) is 12.1 Å². The van der Waals surface area contributed by atoms with Gasteiger partial charge < -0.3 is 19.5 Å². The molecule has 0 unspecified atom stereocenters. The van der Waals surface area contributed by atoms with Crippen LogP contribution in [-0.4, -0.2) is 43.2 Å². The monoisotopic (exact) mass is 368 g/mol. The molecule has 9 nitrogen and oxygen atoms in total. The van der Waals surface area contributed by atoms with Gasteiger partial charge in [0.05, 0.1) is 24.7 Å². The molecule has 0 aliphatic carbocycles. The molecule has 0 saturated heterocycles. The van der Waals surface area contributed by atoms with Gasteiger partial charge in [0.15, 0.2) is 18.1 Å². The van der Waals surface area contributed by atoms with Crippen LogP contribution >= 0.6 is 0 Å². The normalized spacial score (nSPS) is 11.4. The van der Waals surface area contributed by atoms with Crippen molar-refractivity contribution in [1.82, 2.24) is 5.32 Å². The number of nitrogens with one attached hydrogen (secondary N) is 1. The summed E-state index contributed by atoms with van der Waals surface area (Å²) < 4.78 is 15.3. The smallest absolute Gasteiger partial charge is 0.345 e. The first-order valence-electron chi connectivity index (χ1n) is 8.29. The maximum atomic E-state index is 12.2. The van der Waals surface area contributed by atoms with Gasteiger partial charge in [0, 0.05) is 12.1 Å². The Balaban J connectivity index is 2.93. The number of benzene rings is 1. The van der Waals surface area contributed by atoms with Crippen LogP contribution in [0.4, 0.5) is 5.69 Å². The first-order chi connectivity index (χ1) is 12.3. The van der Waals surface area contributed by atoms with E-state index in [-0.39, 0.29) is 29.7 Å². The van der Waals surface area contributed by atoms with Gasteiger partial charge in [0.1, 0.15) is 5.56 Å². The minimum Gasteiger partial charge on any atom is -0.493 e. The molecule has 0 fully saturated rings. The second kappa shape index (κ2) is 10.2. The fourth-order valence-corrected chi connectivity index (χ4v) is 2.32. The van der Waals surface area contributed by atoms with E-state index < -0.39 is 29.1 Å². The number of rotatable bonds is 10. The van der Waals surface area contributed by atoms with E-state index >= 15 is 0 Å². The Labute approximate surface area is 151 Å². The lowest BCUT2D eigenvalue weighted by Crippen LogP contribution is -2.35. The molecule has 26 heavy (non-hydrogen) atoms. The van der Waals surface area contributed by atoms with Crippen molar-refractivity contribution in [3.8, 4) is 11.5 Å². The third kappa shape index (κ3) is 5.91. The zero-order chi connectivity index (χ0) is 19.7. The van der Waals surface area contributed by atoms with E-state index in [0.29, 0.717) is 0 Å². The summed E-state index contributed by atoms with van der Waals surface area (Å²) in [5, 5.41) is 13.9. The van der Waals surface area contributed by atoms with Crippen LogP contribution in [-0.2, 0) is 9.53 Å². The molecule has 9 heteroatoms. The van der Waals surface area contributed by atoms with Crippen LogP contribution in [0.3, 0.4) is 0 Å². The van der Waals surface area contributed by atoms with E-state index in [2.05, 4.69) is 5.32 Å². The molecule has 0 aliphatic heterocycles. The highest BCUT2D eigenvalue weighted by atomic mass is 16.6. The molecule has 144 valence electrons. The van der Waals surface area contributed by atoms with Crippen LogP contribution in [0.5, 0.6) is 11.5 Å². The molecule has 1 aromatic rings. The van der Waals surface area contributed by atoms with E-state index in [1.165, 1.54) is 13.2 Å². The highest BCUT2D eigenvalue weighted by molar-refractivity contribution is 5.96. The number of methoxy groups -OCH3 is 1. The number of carbonyl (C=O) groups is 2. The maximum Gasteiger partial charge on any atom is 0.345 e. The standard InChI is InChI=1S/C17H24N2O7/c1-5-7-11(3)18-16(20)10-26-17(21)12-8-14(24-4)15(25-6-2)9-13(12)19(22)23/h8-9,11H,5-7,10H2,1-4H3,(H,18,20)/t11-/m0/s1. The average Bonchev–Trinajstić information content (AvgIpc) is 2.59.